The minimum absolute atomic E-state index is 0.0188. The van der Waals surface area contributed by atoms with Gasteiger partial charge in [0.25, 0.3) is 0 Å². The number of hydrogen-bond donors (Lipinski definition) is 2. The van der Waals surface area contributed by atoms with Crippen LogP contribution in [0.4, 0.5) is 0 Å². The Hall–Kier alpha value is -0.160. The number of aliphatic hydroxyl groups is 1. The van der Waals surface area contributed by atoms with Crippen LogP contribution in [-0.2, 0) is 0 Å². The quantitative estimate of drug-likeness (QED) is 0.715. The van der Waals surface area contributed by atoms with Crippen LogP contribution in [0, 0.1) is 0 Å². The Bertz CT molecular complexity index is 312. The summed E-state index contributed by atoms with van der Waals surface area (Å²) in [5.74, 6) is 0. The number of likely N-dealkylation sites (N-methyl/N-ethyl adjacent to an activating group) is 2. The molecule has 21 heavy (non-hydrogen) atoms. The number of nitrogens with zero attached hydrogens (tertiary/aromatic N) is 2. The van der Waals surface area contributed by atoms with Gasteiger partial charge in [0, 0.05) is 24.2 Å². The predicted octanol–water partition coefficient (Wildman–Crippen LogP) is 1.69. The van der Waals surface area contributed by atoms with Crippen LogP contribution in [0.5, 0.6) is 0 Å². The third-order valence-corrected chi connectivity index (χ3v) is 5.66. The fourth-order valence-corrected chi connectivity index (χ4v) is 4.22. The second-order valence-corrected chi connectivity index (χ2v) is 7.13. The van der Waals surface area contributed by atoms with Crippen molar-refractivity contribution in [1.82, 2.24) is 15.1 Å². The summed E-state index contributed by atoms with van der Waals surface area (Å²) in [4.78, 5) is 5.18. The van der Waals surface area contributed by atoms with Gasteiger partial charge in [-0.05, 0) is 65.2 Å². The Balaban J connectivity index is 1.85. The molecule has 3 atom stereocenters. The summed E-state index contributed by atoms with van der Waals surface area (Å²) in [6.07, 6.45) is 7.27. The fraction of sp³-hybridized carbons (Fsp3) is 1.00. The molecule has 1 heterocycles. The van der Waals surface area contributed by atoms with Crippen LogP contribution < -0.4 is 5.32 Å². The standard InChI is InChI=1S/C17H35N3O/c1-4-10-18-17(14-21)9-8-15(12-17)19(3)13-16-7-6-11-20(16)5-2/h15-16,18,21H,4-14H2,1-3H3. The van der Waals surface area contributed by atoms with Crippen molar-refractivity contribution in [3.05, 3.63) is 0 Å². The highest BCUT2D eigenvalue weighted by Gasteiger charge is 2.40. The summed E-state index contributed by atoms with van der Waals surface area (Å²) < 4.78 is 0. The van der Waals surface area contributed by atoms with Gasteiger partial charge < -0.3 is 15.3 Å². The lowest BCUT2D eigenvalue weighted by atomic mass is 9.98. The molecule has 0 aromatic heterocycles. The molecular formula is C17H35N3O. The van der Waals surface area contributed by atoms with E-state index in [0.717, 1.165) is 31.8 Å². The second-order valence-electron chi connectivity index (χ2n) is 7.13. The van der Waals surface area contributed by atoms with E-state index in [1.165, 1.54) is 38.9 Å². The van der Waals surface area contributed by atoms with Crippen LogP contribution >= 0.6 is 0 Å². The van der Waals surface area contributed by atoms with Gasteiger partial charge in [-0.2, -0.15) is 0 Å². The molecule has 4 heteroatoms. The molecule has 4 nitrogen and oxygen atoms in total. The summed E-state index contributed by atoms with van der Waals surface area (Å²) in [5.41, 5.74) is -0.0188. The molecule has 0 aromatic rings. The van der Waals surface area contributed by atoms with E-state index in [4.69, 9.17) is 0 Å². The van der Waals surface area contributed by atoms with Gasteiger partial charge in [0.15, 0.2) is 0 Å². The van der Waals surface area contributed by atoms with Crippen LogP contribution in [0.2, 0.25) is 0 Å². The number of rotatable bonds is 8. The minimum Gasteiger partial charge on any atom is -0.394 e. The smallest absolute Gasteiger partial charge is 0.0613 e. The van der Waals surface area contributed by atoms with Gasteiger partial charge in [-0.25, -0.2) is 0 Å². The van der Waals surface area contributed by atoms with Crippen molar-refractivity contribution in [2.75, 3.05) is 39.8 Å². The third-order valence-electron chi connectivity index (χ3n) is 5.66. The van der Waals surface area contributed by atoms with E-state index in [1.807, 2.05) is 0 Å². The van der Waals surface area contributed by atoms with Gasteiger partial charge in [0.05, 0.1) is 6.61 Å². The first kappa shape index (κ1) is 17.2. The van der Waals surface area contributed by atoms with E-state index in [-0.39, 0.29) is 12.1 Å². The SMILES string of the molecule is CCCNC1(CO)CCC(N(C)CC2CCCN2CC)C1. The maximum Gasteiger partial charge on any atom is 0.0613 e. The van der Waals surface area contributed by atoms with Crippen molar-refractivity contribution < 1.29 is 5.11 Å². The lowest BCUT2D eigenvalue weighted by molar-refractivity contribution is 0.136. The lowest BCUT2D eigenvalue weighted by Crippen LogP contribution is -2.49. The lowest BCUT2D eigenvalue weighted by Gasteiger charge is -2.33. The van der Waals surface area contributed by atoms with Crippen molar-refractivity contribution in [3.63, 3.8) is 0 Å². The Labute approximate surface area is 130 Å². The van der Waals surface area contributed by atoms with Crippen LogP contribution in [0.15, 0.2) is 0 Å². The number of nitrogens with one attached hydrogen (secondary N) is 1. The number of hydrogen-bond acceptors (Lipinski definition) is 4. The molecule has 1 aliphatic heterocycles. The second kappa shape index (κ2) is 7.91. The molecule has 1 saturated carbocycles. The van der Waals surface area contributed by atoms with E-state index < -0.39 is 0 Å². The maximum absolute atomic E-state index is 9.82. The van der Waals surface area contributed by atoms with Gasteiger partial charge in [-0.15, -0.1) is 0 Å². The van der Waals surface area contributed by atoms with Crippen LogP contribution in [-0.4, -0.2) is 72.4 Å². The Morgan fingerprint density at radius 3 is 2.81 bits per heavy atom. The van der Waals surface area contributed by atoms with Crippen LogP contribution in [0.1, 0.15) is 52.4 Å². The zero-order chi connectivity index (χ0) is 15.3. The highest BCUT2D eigenvalue weighted by molar-refractivity contribution is 4.99. The summed E-state index contributed by atoms with van der Waals surface area (Å²) >= 11 is 0. The van der Waals surface area contributed by atoms with Gasteiger partial charge in [0.1, 0.15) is 0 Å². The largest absolute Gasteiger partial charge is 0.394 e. The molecule has 1 saturated heterocycles. The maximum atomic E-state index is 9.82. The molecule has 0 spiro atoms. The first-order valence-electron chi connectivity index (χ1n) is 8.94. The monoisotopic (exact) mass is 297 g/mol. The summed E-state index contributed by atoms with van der Waals surface area (Å²) in [7, 11) is 2.28. The third kappa shape index (κ3) is 4.19. The zero-order valence-electron chi connectivity index (χ0n) is 14.3. The molecule has 2 aliphatic rings. The van der Waals surface area contributed by atoms with Crippen molar-refractivity contribution in [2.24, 2.45) is 0 Å². The molecule has 0 bridgehead atoms. The predicted molar refractivity (Wildman–Crippen MR) is 88.6 cm³/mol. The van der Waals surface area contributed by atoms with E-state index in [0.29, 0.717) is 6.04 Å². The molecule has 2 N–H and O–H groups in total. The summed E-state index contributed by atoms with van der Waals surface area (Å²) in [5, 5.41) is 13.4. The average Bonchev–Trinajstić information content (AvgIpc) is 3.12. The fourth-order valence-electron chi connectivity index (χ4n) is 4.22. The Kier molecular flexibility index (Phi) is 6.48. The highest BCUT2D eigenvalue weighted by Crippen LogP contribution is 2.33. The van der Waals surface area contributed by atoms with Crippen LogP contribution in [0.3, 0.4) is 0 Å². The zero-order valence-corrected chi connectivity index (χ0v) is 14.3. The van der Waals surface area contributed by atoms with E-state index in [9.17, 15) is 5.11 Å². The molecule has 124 valence electrons. The Morgan fingerprint density at radius 2 is 2.14 bits per heavy atom. The summed E-state index contributed by atoms with van der Waals surface area (Å²) in [6, 6.07) is 1.37. The van der Waals surface area contributed by atoms with Crippen molar-refractivity contribution in [2.45, 2.75) is 70.0 Å². The van der Waals surface area contributed by atoms with Crippen LogP contribution in [0.25, 0.3) is 0 Å². The van der Waals surface area contributed by atoms with E-state index in [2.05, 4.69) is 36.0 Å². The molecule has 2 rings (SSSR count). The van der Waals surface area contributed by atoms with Gasteiger partial charge >= 0.3 is 0 Å². The van der Waals surface area contributed by atoms with Crippen molar-refractivity contribution in [1.29, 1.82) is 0 Å². The van der Waals surface area contributed by atoms with Gasteiger partial charge in [0.2, 0.25) is 0 Å². The molecule has 0 aromatic carbocycles. The van der Waals surface area contributed by atoms with E-state index >= 15 is 0 Å². The van der Waals surface area contributed by atoms with Crippen molar-refractivity contribution >= 4 is 0 Å². The highest BCUT2D eigenvalue weighted by atomic mass is 16.3. The number of aliphatic hydroxyl groups excluding tert-OH is 1. The number of likely N-dealkylation sites (tertiary alicyclic amines) is 1. The van der Waals surface area contributed by atoms with E-state index in [1.54, 1.807) is 0 Å². The van der Waals surface area contributed by atoms with Gasteiger partial charge in [-0.3, -0.25) is 4.90 Å². The molecule has 0 radical (unpaired) electrons. The first-order chi connectivity index (χ1) is 10.1. The normalized spacial score (nSPS) is 34.1. The molecular weight excluding hydrogens is 262 g/mol. The first-order valence-corrected chi connectivity index (χ1v) is 8.94. The summed E-state index contributed by atoms with van der Waals surface area (Å²) in [6.45, 7) is 9.41. The molecule has 0 amide bonds. The minimum atomic E-state index is -0.0188. The molecule has 3 unspecified atom stereocenters. The van der Waals surface area contributed by atoms with Crippen molar-refractivity contribution in [3.8, 4) is 0 Å². The average molecular weight is 297 g/mol. The molecule has 2 fully saturated rings. The Morgan fingerprint density at radius 1 is 1.33 bits per heavy atom. The topological polar surface area (TPSA) is 38.7 Å². The molecule has 1 aliphatic carbocycles. The van der Waals surface area contributed by atoms with Gasteiger partial charge in [-0.1, -0.05) is 13.8 Å².